The number of hydrogen-bond donors (Lipinski definition) is 4. The molecule has 6 nitrogen and oxygen atoms in total. The summed E-state index contributed by atoms with van der Waals surface area (Å²) in [6.07, 6.45) is -6.22. The first-order valence-electron chi connectivity index (χ1n) is 8.73. The van der Waals surface area contributed by atoms with Gasteiger partial charge in [-0.2, -0.15) is 13.2 Å². The lowest BCUT2D eigenvalue weighted by Crippen LogP contribution is -2.31. The van der Waals surface area contributed by atoms with E-state index < -0.39 is 47.5 Å². The molecule has 1 fully saturated rings. The molecule has 11 heteroatoms. The van der Waals surface area contributed by atoms with E-state index in [-0.39, 0.29) is 16.9 Å². The molecular formula is C19H18F5N3O3. The second kappa shape index (κ2) is 7.82. The number of carbonyl (C=O) groups excluding carboxylic acids is 1. The molecule has 4 N–H and O–H groups in total. The molecule has 0 bridgehead atoms. The number of alkyl halides is 3. The van der Waals surface area contributed by atoms with Gasteiger partial charge in [0.15, 0.2) is 0 Å². The Kier molecular flexibility index (Phi) is 5.72. The highest BCUT2D eigenvalue weighted by Gasteiger charge is 2.42. The number of halogens is 5. The molecule has 1 saturated heterocycles. The number of anilines is 2. The zero-order valence-electron chi connectivity index (χ0n) is 15.8. The van der Waals surface area contributed by atoms with Crippen molar-refractivity contribution in [1.29, 1.82) is 0 Å². The number of amides is 2. The lowest BCUT2D eigenvalue weighted by molar-refractivity contribution is -0.140. The highest BCUT2D eigenvalue weighted by molar-refractivity contribution is 5.99. The Balaban J connectivity index is 1.77. The minimum Gasteiger partial charge on any atom is -0.356 e. The Morgan fingerprint density at radius 1 is 1.07 bits per heavy atom. The van der Waals surface area contributed by atoms with Crippen LogP contribution in [0.5, 0.6) is 0 Å². The molecule has 0 aliphatic carbocycles. The van der Waals surface area contributed by atoms with Crippen molar-refractivity contribution < 1.29 is 36.6 Å². The van der Waals surface area contributed by atoms with Crippen molar-refractivity contribution in [3.8, 4) is 0 Å². The van der Waals surface area contributed by atoms with Gasteiger partial charge in [-0.25, -0.2) is 13.6 Å². The van der Waals surface area contributed by atoms with Gasteiger partial charge >= 0.3 is 12.2 Å². The molecule has 3 rings (SSSR count). The maximum absolute atomic E-state index is 14.3. The van der Waals surface area contributed by atoms with Crippen LogP contribution in [0, 0.1) is 11.6 Å². The van der Waals surface area contributed by atoms with Gasteiger partial charge in [0.1, 0.15) is 11.6 Å². The van der Waals surface area contributed by atoms with Gasteiger partial charge in [-0.1, -0.05) is 0 Å². The Hall–Kier alpha value is -2.76. The van der Waals surface area contributed by atoms with Crippen LogP contribution in [-0.2, 0) is 10.9 Å². The van der Waals surface area contributed by atoms with Gasteiger partial charge < -0.3 is 20.5 Å². The summed E-state index contributed by atoms with van der Waals surface area (Å²) < 4.78 is 71.3. The third-order valence-corrected chi connectivity index (χ3v) is 4.51. The van der Waals surface area contributed by atoms with E-state index in [0.29, 0.717) is 12.1 Å². The zero-order valence-corrected chi connectivity index (χ0v) is 15.8. The highest BCUT2D eigenvalue weighted by Crippen LogP contribution is 2.37. The van der Waals surface area contributed by atoms with Crippen LogP contribution >= 0.6 is 0 Å². The van der Waals surface area contributed by atoms with Crippen LogP contribution in [0.15, 0.2) is 36.4 Å². The number of benzene rings is 2. The molecule has 1 heterocycles. The quantitative estimate of drug-likeness (QED) is 0.545. The minimum absolute atomic E-state index is 0.107. The van der Waals surface area contributed by atoms with E-state index in [1.54, 1.807) is 13.8 Å². The lowest BCUT2D eigenvalue weighted by Gasteiger charge is -2.25. The normalized spacial score (nSPS) is 20.8. The molecule has 2 aromatic rings. The van der Waals surface area contributed by atoms with Crippen LogP contribution in [0.25, 0.3) is 0 Å². The van der Waals surface area contributed by atoms with Crippen molar-refractivity contribution in [3.05, 3.63) is 59.2 Å². The molecular weight excluding hydrogens is 413 g/mol. The summed E-state index contributed by atoms with van der Waals surface area (Å²) in [7, 11) is 0. The predicted molar refractivity (Wildman–Crippen MR) is 97.5 cm³/mol. The Morgan fingerprint density at radius 3 is 2.17 bits per heavy atom. The fraction of sp³-hybridized carbons (Fsp3) is 0.316. The first kappa shape index (κ1) is 21.9. The molecule has 1 aliphatic rings. The molecule has 0 saturated carbocycles. The second-order valence-corrected chi connectivity index (χ2v) is 7.18. The van der Waals surface area contributed by atoms with Crippen molar-refractivity contribution in [1.82, 2.24) is 5.32 Å². The van der Waals surface area contributed by atoms with Crippen molar-refractivity contribution in [2.45, 2.75) is 38.1 Å². The Bertz CT molecular complexity index is 965. The summed E-state index contributed by atoms with van der Waals surface area (Å²) in [5.41, 5.74) is -2.50. The minimum atomic E-state index is -4.92. The first-order valence-corrected chi connectivity index (χ1v) is 8.73. The Morgan fingerprint density at radius 2 is 1.63 bits per heavy atom. The van der Waals surface area contributed by atoms with Gasteiger partial charge in [0.25, 0.3) is 0 Å². The molecule has 162 valence electrons. The summed E-state index contributed by atoms with van der Waals surface area (Å²) in [6.45, 7) is 3.28. The van der Waals surface area contributed by atoms with Gasteiger partial charge in [0, 0.05) is 16.9 Å². The Labute approximate surface area is 168 Å². The van der Waals surface area contributed by atoms with Crippen LogP contribution in [0.2, 0.25) is 0 Å². The number of ether oxygens (including phenoxy) is 1. The largest absolute Gasteiger partial charge is 0.419 e. The first-order chi connectivity index (χ1) is 13.9. The van der Waals surface area contributed by atoms with E-state index in [1.807, 2.05) is 0 Å². The average Bonchev–Trinajstić information content (AvgIpc) is 2.89. The van der Waals surface area contributed by atoms with Gasteiger partial charge in [-0.15, -0.1) is 0 Å². The molecule has 0 aromatic heterocycles. The van der Waals surface area contributed by atoms with Gasteiger partial charge in [-0.3, -0.25) is 5.32 Å². The zero-order chi connectivity index (χ0) is 22.3. The van der Waals surface area contributed by atoms with Crippen LogP contribution in [0.1, 0.15) is 31.0 Å². The molecule has 2 aromatic carbocycles. The van der Waals surface area contributed by atoms with E-state index in [4.69, 9.17) is 4.74 Å². The number of urea groups is 1. The molecule has 2 atom stereocenters. The second-order valence-electron chi connectivity index (χ2n) is 7.18. The van der Waals surface area contributed by atoms with E-state index in [1.165, 1.54) is 12.1 Å². The van der Waals surface area contributed by atoms with E-state index >= 15 is 0 Å². The number of rotatable bonds is 3. The summed E-state index contributed by atoms with van der Waals surface area (Å²) in [6, 6.07) is 4.04. The summed E-state index contributed by atoms with van der Waals surface area (Å²) >= 11 is 0. The van der Waals surface area contributed by atoms with Gasteiger partial charge in [0.05, 0.1) is 17.2 Å². The van der Waals surface area contributed by atoms with Crippen LogP contribution in [-0.4, -0.2) is 23.2 Å². The number of carbonyl (C=O) groups is 1. The average molecular weight is 431 g/mol. The van der Waals surface area contributed by atoms with Crippen molar-refractivity contribution in [3.63, 3.8) is 0 Å². The topological polar surface area (TPSA) is 82.6 Å². The molecule has 0 spiro atoms. The number of aliphatic hydroxyl groups is 1. The molecule has 2 unspecified atom stereocenters. The smallest absolute Gasteiger partial charge is 0.356 e. The van der Waals surface area contributed by atoms with E-state index in [0.717, 1.165) is 12.1 Å². The third kappa shape index (κ3) is 4.69. The summed E-state index contributed by atoms with van der Waals surface area (Å²) in [4.78, 5) is 12.2. The SMILES string of the molecule is CC1(C)OC(O)NC1c1cc(NC(=O)Nc2ccc(F)c(C(F)(F)F)c2)ccc1F. The molecule has 2 amide bonds. The lowest BCUT2D eigenvalue weighted by atomic mass is 9.92. The molecule has 0 radical (unpaired) electrons. The van der Waals surface area contributed by atoms with Crippen LogP contribution in [0.4, 0.5) is 38.1 Å². The fourth-order valence-corrected chi connectivity index (χ4v) is 3.15. The number of aliphatic hydroxyl groups excluding tert-OH is 1. The monoisotopic (exact) mass is 431 g/mol. The predicted octanol–water partition coefficient (Wildman–Crippen LogP) is 4.34. The third-order valence-electron chi connectivity index (χ3n) is 4.51. The van der Waals surface area contributed by atoms with Gasteiger partial charge in [-0.05, 0) is 50.2 Å². The summed E-state index contributed by atoms with van der Waals surface area (Å²) in [5, 5.41) is 16.8. The standard InChI is InChI=1S/C19H18F5N3O3/c1-18(2)15(27-17(29)30-18)11-7-9(3-5-13(11)20)25-16(28)26-10-4-6-14(21)12(8-10)19(22,23)24/h3-8,15,17,27,29H,1-2H3,(H2,25,26,28). The summed E-state index contributed by atoms with van der Waals surface area (Å²) in [5.74, 6) is -2.08. The maximum Gasteiger partial charge on any atom is 0.419 e. The van der Waals surface area contributed by atoms with Crippen molar-refractivity contribution in [2.75, 3.05) is 10.6 Å². The highest BCUT2D eigenvalue weighted by atomic mass is 19.4. The number of hydrogen-bond acceptors (Lipinski definition) is 4. The maximum atomic E-state index is 14.3. The van der Waals surface area contributed by atoms with E-state index in [2.05, 4.69) is 16.0 Å². The van der Waals surface area contributed by atoms with Crippen molar-refractivity contribution in [2.24, 2.45) is 0 Å². The fourth-order valence-electron chi connectivity index (χ4n) is 3.15. The molecule has 1 aliphatic heterocycles. The van der Waals surface area contributed by atoms with Crippen LogP contribution in [0.3, 0.4) is 0 Å². The van der Waals surface area contributed by atoms with E-state index in [9.17, 15) is 31.9 Å². The number of nitrogens with one attached hydrogen (secondary N) is 3. The van der Waals surface area contributed by atoms with Crippen molar-refractivity contribution >= 4 is 17.4 Å². The van der Waals surface area contributed by atoms with Gasteiger partial charge in [0.2, 0.25) is 6.41 Å². The molecule has 30 heavy (non-hydrogen) atoms. The van der Waals surface area contributed by atoms with Crippen LogP contribution < -0.4 is 16.0 Å².